The quantitative estimate of drug-likeness (QED) is 0.627. The zero-order valence-electron chi connectivity index (χ0n) is 14.7. The Morgan fingerprint density at radius 1 is 1.00 bits per heavy atom. The normalized spacial score (nSPS) is 16.6. The number of hydrogen-bond donors (Lipinski definition) is 0. The van der Waals surface area contributed by atoms with Gasteiger partial charge >= 0.3 is 0 Å². The number of thiophene rings is 1. The van der Waals surface area contributed by atoms with Crippen LogP contribution in [0.15, 0.2) is 56.5 Å². The van der Waals surface area contributed by atoms with Crippen molar-refractivity contribution in [2.75, 3.05) is 32.7 Å². The molecule has 1 aliphatic rings. The lowest BCUT2D eigenvalue weighted by Gasteiger charge is -2.33. The maximum Gasteiger partial charge on any atom is 0.252 e. The molecule has 0 saturated carbocycles. The van der Waals surface area contributed by atoms with Gasteiger partial charge in [-0.2, -0.15) is 4.31 Å². The summed E-state index contributed by atoms with van der Waals surface area (Å²) in [6.45, 7) is 3.16. The van der Waals surface area contributed by atoms with Crippen LogP contribution in [-0.2, 0) is 16.4 Å². The molecule has 0 unspecified atom stereocenters. The smallest absolute Gasteiger partial charge is 0.252 e. The van der Waals surface area contributed by atoms with Crippen molar-refractivity contribution in [3.05, 3.63) is 53.7 Å². The maximum atomic E-state index is 12.6. The second-order valence-electron chi connectivity index (χ2n) is 6.29. The summed E-state index contributed by atoms with van der Waals surface area (Å²) in [4.78, 5) is 2.23. The predicted octanol–water partition coefficient (Wildman–Crippen LogP) is 2.35. The van der Waals surface area contributed by atoms with Crippen LogP contribution in [0.5, 0.6) is 0 Å². The average Bonchev–Trinajstić information content (AvgIpc) is 3.40. The molecule has 0 amide bonds. The third kappa shape index (κ3) is 4.11. The van der Waals surface area contributed by atoms with Crippen molar-refractivity contribution in [1.82, 2.24) is 19.4 Å². The van der Waals surface area contributed by atoms with E-state index in [0.29, 0.717) is 48.6 Å². The first-order chi connectivity index (χ1) is 13.1. The van der Waals surface area contributed by atoms with Crippen LogP contribution in [0.4, 0.5) is 0 Å². The van der Waals surface area contributed by atoms with Gasteiger partial charge in [0.15, 0.2) is 0 Å². The summed E-state index contributed by atoms with van der Waals surface area (Å²) in [6, 6.07) is 13.1. The SMILES string of the molecule is O=S(=O)(c1cccs1)N1CCN(CCc2nnc(-c3ccccc3)o2)CC1. The molecule has 0 aliphatic carbocycles. The Bertz CT molecular complexity index is 963. The lowest BCUT2D eigenvalue weighted by Crippen LogP contribution is -2.48. The molecule has 2 aromatic heterocycles. The third-order valence-electron chi connectivity index (χ3n) is 4.55. The van der Waals surface area contributed by atoms with Crippen molar-refractivity contribution in [1.29, 1.82) is 0 Å². The largest absolute Gasteiger partial charge is 0.421 e. The van der Waals surface area contributed by atoms with E-state index in [1.54, 1.807) is 21.8 Å². The first-order valence-corrected chi connectivity index (χ1v) is 11.1. The van der Waals surface area contributed by atoms with Crippen LogP contribution in [0, 0.1) is 0 Å². The standard InChI is InChI=1S/C18H20N4O3S2/c23-27(24,17-7-4-14-26-17)22-12-10-21(11-13-22)9-8-16-19-20-18(25-16)15-5-2-1-3-6-15/h1-7,14H,8-13H2. The van der Waals surface area contributed by atoms with Crippen LogP contribution in [0.3, 0.4) is 0 Å². The summed E-state index contributed by atoms with van der Waals surface area (Å²) in [6.07, 6.45) is 0.650. The minimum absolute atomic E-state index is 0.412. The van der Waals surface area contributed by atoms with Crippen LogP contribution in [0.25, 0.3) is 11.5 Å². The predicted molar refractivity (Wildman–Crippen MR) is 103 cm³/mol. The van der Waals surface area contributed by atoms with Crippen molar-refractivity contribution >= 4 is 21.4 Å². The van der Waals surface area contributed by atoms with Crippen molar-refractivity contribution in [2.24, 2.45) is 0 Å². The highest BCUT2D eigenvalue weighted by Crippen LogP contribution is 2.22. The van der Waals surface area contributed by atoms with Gasteiger partial charge < -0.3 is 9.32 Å². The topological polar surface area (TPSA) is 79.5 Å². The molecule has 1 aliphatic heterocycles. The molecule has 142 valence electrons. The van der Waals surface area contributed by atoms with Gasteiger partial charge in [0, 0.05) is 44.7 Å². The highest BCUT2D eigenvalue weighted by Gasteiger charge is 2.29. The fraction of sp³-hybridized carbons (Fsp3) is 0.333. The molecule has 3 heterocycles. The second kappa shape index (κ2) is 7.89. The number of piperazine rings is 1. The molecule has 0 spiro atoms. The van der Waals surface area contributed by atoms with Crippen LogP contribution < -0.4 is 0 Å². The lowest BCUT2D eigenvalue weighted by atomic mass is 10.2. The van der Waals surface area contributed by atoms with Crippen LogP contribution >= 0.6 is 11.3 Å². The van der Waals surface area contributed by atoms with Gasteiger partial charge in [-0.3, -0.25) is 0 Å². The van der Waals surface area contributed by atoms with E-state index in [1.807, 2.05) is 30.3 Å². The minimum atomic E-state index is -3.35. The molecule has 0 atom stereocenters. The molecule has 1 fully saturated rings. The van der Waals surface area contributed by atoms with Gasteiger partial charge in [0.2, 0.25) is 11.8 Å². The van der Waals surface area contributed by atoms with Gasteiger partial charge in [0.25, 0.3) is 10.0 Å². The highest BCUT2D eigenvalue weighted by atomic mass is 32.2. The van der Waals surface area contributed by atoms with E-state index in [1.165, 1.54) is 11.3 Å². The minimum Gasteiger partial charge on any atom is -0.421 e. The van der Waals surface area contributed by atoms with Gasteiger partial charge in [-0.1, -0.05) is 24.3 Å². The molecule has 27 heavy (non-hydrogen) atoms. The van der Waals surface area contributed by atoms with Gasteiger partial charge in [-0.05, 0) is 23.6 Å². The fourth-order valence-corrected chi connectivity index (χ4v) is 5.60. The van der Waals surface area contributed by atoms with Gasteiger partial charge in [-0.15, -0.1) is 21.5 Å². The monoisotopic (exact) mass is 404 g/mol. The molecule has 7 nitrogen and oxygen atoms in total. The Labute approximate surface area is 162 Å². The lowest BCUT2D eigenvalue weighted by molar-refractivity contribution is 0.187. The summed E-state index contributed by atoms with van der Waals surface area (Å²) in [7, 11) is -3.35. The molecule has 1 saturated heterocycles. The molecule has 4 rings (SSSR count). The van der Waals surface area contributed by atoms with Crippen molar-refractivity contribution in [2.45, 2.75) is 10.6 Å². The summed E-state index contributed by atoms with van der Waals surface area (Å²) in [5.41, 5.74) is 0.906. The number of benzene rings is 1. The number of hydrogen-bond acceptors (Lipinski definition) is 7. The Hall–Kier alpha value is -2.07. The highest BCUT2D eigenvalue weighted by molar-refractivity contribution is 7.91. The van der Waals surface area contributed by atoms with Crippen LogP contribution in [0.2, 0.25) is 0 Å². The summed E-state index contributed by atoms with van der Waals surface area (Å²) >= 11 is 1.26. The Balaban J connectivity index is 1.30. The van der Waals surface area contributed by atoms with E-state index >= 15 is 0 Å². The zero-order chi connectivity index (χ0) is 18.7. The van der Waals surface area contributed by atoms with E-state index in [9.17, 15) is 8.42 Å². The Morgan fingerprint density at radius 3 is 2.48 bits per heavy atom. The van der Waals surface area contributed by atoms with Gasteiger partial charge in [0.1, 0.15) is 4.21 Å². The van der Waals surface area contributed by atoms with Crippen molar-refractivity contribution < 1.29 is 12.8 Å². The molecule has 0 N–H and O–H groups in total. The average molecular weight is 405 g/mol. The number of sulfonamides is 1. The van der Waals surface area contributed by atoms with Gasteiger partial charge in [0.05, 0.1) is 0 Å². The fourth-order valence-electron chi connectivity index (χ4n) is 3.04. The first-order valence-electron chi connectivity index (χ1n) is 8.77. The molecule has 0 bridgehead atoms. The maximum absolute atomic E-state index is 12.6. The van der Waals surface area contributed by atoms with E-state index in [-0.39, 0.29) is 0 Å². The first kappa shape index (κ1) is 18.3. The molecule has 0 radical (unpaired) electrons. The molecule has 3 aromatic rings. The summed E-state index contributed by atoms with van der Waals surface area (Å²) in [5.74, 6) is 1.12. The molecule has 9 heteroatoms. The number of rotatable bonds is 6. The van der Waals surface area contributed by atoms with Crippen LogP contribution in [-0.4, -0.2) is 60.5 Å². The van der Waals surface area contributed by atoms with Crippen LogP contribution in [0.1, 0.15) is 5.89 Å². The molecule has 1 aromatic carbocycles. The second-order valence-corrected chi connectivity index (χ2v) is 9.41. The third-order valence-corrected chi connectivity index (χ3v) is 7.82. The molecular formula is C18H20N4O3S2. The van der Waals surface area contributed by atoms with Gasteiger partial charge in [-0.25, -0.2) is 8.42 Å². The Morgan fingerprint density at radius 2 is 1.78 bits per heavy atom. The molecular weight excluding hydrogens is 384 g/mol. The summed E-state index contributed by atoms with van der Waals surface area (Å²) < 4.78 is 32.8. The van der Waals surface area contributed by atoms with E-state index in [2.05, 4.69) is 15.1 Å². The van der Waals surface area contributed by atoms with Crippen molar-refractivity contribution in [3.63, 3.8) is 0 Å². The van der Waals surface area contributed by atoms with E-state index in [4.69, 9.17) is 4.42 Å². The number of nitrogens with zero attached hydrogens (tertiary/aromatic N) is 4. The Kier molecular flexibility index (Phi) is 5.35. The van der Waals surface area contributed by atoms with E-state index in [0.717, 1.165) is 12.1 Å². The summed E-state index contributed by atoms with van der Waals surface area (Å²) in [5, 5.41) is 10.0. The van der Waals surface area contributed by atoms with Crippen molar-refractivity contribution in [3.8, 4) is 11.5 Å². The zero-order valence-corrected chi connectivity index (χ0v) is 16.3. The van der Waals surface area contributed by atoms with E-state index < -0.39 is 10.0 Å². The number of aromatic nitrogens is 2.